The highest BCUT2D eigenvalue weighted by atomic mass is 32.2. The first-order valence-corrected chi connectivity index (χ1v) is 7.21. The summed E-state index contributed by atoms with van der Waals surface area (Å²) in [4.78, 5) is 10.1. The first kappa shape index (κ1) is 11.9. The van der Waals surface area contributed by atoms with Crippen LogP contribution < -0.4 is 5.32 Å². The second kappa shape index (κ2) is 5.19. The van der Waals surface area contributed by atoms with Crippen molar-refractivity contribution in [1.29, 1.82) is 0 Å². The zero-order valence-electron chi connectivity index (χ0n) is 9.86. The van der Waals surface area contributed by atoms with E-state index in [9.17, 15) is 0 Å². The van der Waals surface area contributed by atoms with Crippen molar-refractivity contribution in [2.45, 2.75) is 32.6 Å². The van der Waals surface area contributed by atoms with Gasteiger partial charge in [0.1, 0.15) is 5.01 Å². The standard InChI is InChI=1S/C11H17N3S2/c1-7(2)9-5-13-11(16-9)14-6-10-12-4-8(3)15-10/h4,7,9H,5-6H2,1-3H3,(H,13,14). The molecule has 88 valence electrons. The number of rotatable bonds is 3. The van der Waals surface area contributed by atoms with Gasteiger partial charge >= 0.3 is 0 Å². The Morgan fingerprint density at radius 1 is 1.56 bits per heavy atom. The molecular weight excluding hydrogens is 238 g/mol. The summed E-state index contributed by atoms with van der Waals surface area (Å²) in [6.45, 7) is 8.33. The van der Waals surface area contributed by atoms with Gasteiger partial charge in [-0.1, -0.05) is 25.6 Å². The van der Waals surface area contributed by atoms with Crippen LogP contribution in [0.1, 0.15) is 23.7 Å². The molecule has 3 nitrogen and oxygen atoms in total. The highest BCUT2D eigenvalue weighted by molar-refractivity contribution is 8.14. The van der Waals surface area contributed by atoms with Crippen LogP contribution in [-0.4, -0.2) is 21.9 Å². The molecule has 1 aliphatic heterocycles. The van der Waals surface area contributed by atoms with Crippen LogP contribution >= 0.6 is 23.1 Å². The summed E-state index contributed by atoms with van der Waals surface area (Å²) in [7, 11) is 0. The number of aromatic nitrogens is 1. The molecule has 1 atom stereocenters. The maximum atomic E-state index is 4.51. The first-order chi connectivity index (χ1) is 7.65. The normalized spacial score (nSPS) is 20.2. The molecule has 2 rings (SSSR count). The molecule has 5 heteroatoms. The van der Waals surface area contributed by atoms with E-state index in [1.165, 1.54) is 4.88 Å². The Morgan fingerprint density at radius 2 is 2.38 bits per heavy atom. The topological polar surface area (TPSA) is 37.3 Å². The van der Waals surface area contributed by atoms with Crippen LogP contribution in [0.15, 0.2) is 11.2 Å². The van der Waals surface area contributed by atoms with Crippen molar-refractivity contribution in [2.75, 3.05) is 6.54 Å². The number of hydrogen-bond donors (Lipinski definition) is 1. The average Bonchev–Trinajstić information content (AvgIpc) is 2.83. The molecule has 0 spiro atoms. The molecule has 1 aliphatic rings. The Bertz CT molecular complexity index is 384. The smallest absolute Gasteiger partial charge is 0.157 e. The third-order valence-corrected chi connectivity index (χ3v) is 4.89. The predicted octanol–water partition coefficient (Wildman–Crippen LogP) is 2.67. The predicted molar refractivity (Wildman–Crippen MR) is 72.2 cm³/mol. The maximum absolute atomic E-state index is 4.51. The first-order valence-electron chi connectivity index (χ1n) is 5.51. The quantitative estimate of drug-likeness (QED) is 0.902. The number of thiazole rings is 1. The number of nitrogens with zero attached hydrogens (tertiary/aromatic N) is 2. The summed E-state index contributed by atoms with van der Waals surface area (Å²) in [5.74, 6) is 0.690. The molecule has 0 aromatic carbocycles. The van der Waals surface area contributed by atoms with Crippen molar-refractivity contribution in [2.24, 2.45) is 10.9 Å². The lowest BCUT2D eigenvalue weighted by molar-refractivity contribution is 0.621. The molecule has 1 N–H and O–H groups in total. The molecule has 1 aromatic heterocycles. The van der Waals surface area contributed by atoms with Crippen molar-refractivity contribution in [3.63, 3.8) is 0 Å². The maximum Gasteiger partial charge on any atom is 0.157 e. The molecule has 0 amide bonds. The fraction of sp³-hybridized carbons (Fsp3) is 0.636. The molecule has 0 bridgehead atoms. The molecule has 1 unspecified atom stereocenters. The monoisotopic (exact) mass is 255 g/mol. The van der Waals surface area contributed by atoms with Crippen LogP contribution in [0.3, 0.4) is 0 Å². The summed E-state index contributed by atoms with van der Waals surface area (Å²) in [6.07, 6.45) is 1.92. The Kier molecular flexibility index (Phi) is 3.86. The van der Waals surface area contributed by atoms with Crippen LogP contribution in [-0.2, 0) is 6.54 Å². The minimum atomic E-state index is 0.639. The fourth-order valence-corrected chi connectivity index (χ4v) is 3.21. The highest BCUT2D eigenvalue weighted by Crippen LogP contribution is 2.26. The molecule has 0 aliphatic carbocycles. The van der Waals surface area contributed by atoms with Gasteiger partial charge in [-0.2, -0.15) is 0 Å². The van der Waals surface area contributed by atoms with Crippen molar-refractivity contribution in [3.05, 3.63) is 16.1 Å². The van der Waals surface area contributed by atoms with E-state index in [-0.39, 0.29) is 0 Å². The van der Waals surface area contributed by atoms with E-state index in [0.29, 0.717) is 11.2 Å². The molecule has 1 aromatic rings. The van der Waals surface area contributed by atoms with Gasteiger partial charge < -0.3 is 5.32 Å². The van der Waals surface area contributed by atoms with Gasteiger partial charge in [-0.05, 0) is 12.8 Å². The average molecular weight is 255 g/mol. The van der Waals surface area contributed by atoms with Crippen molar-refractivity contribution in [3.8, 4) is 0 Å². The third-order valence-electron chi connectivity index (χ3n) is 2.48. The van der Waals surface area contributed by atoms with Crippen molar-refractivity contribution in [1.82, 2.24) is 10.3 Å². The second-order valence-corrected chi connectivity index (χ2v) is 6.81. The minimum absolute atomic E-state index is 0.639. The third kappa shape index (κ3) is 2.98. The lowest BCUT2D eigenvalue weighted by Crippen LogP contribution is -2.19. The molecule has 0 radical (unpaired) electrons. The van der Waals surface area contributed by atoms with Gasteiger partial charge in [0, 0.05) is 16.3 Å². The van der Waals surface area contributed by atoms with Crippen LogP contribution in [0.5, 0.6) is 0 Å². The highest BCUT2D eigenvalue weighted by Gasteiger charge is 2.22. The van der Waals surface area contributed by atoms with Gasteiger partial charge in [-0.25, -0.2) is 4.98 Å². The summed E-state index contributed by atoms with van der Waals surface area (Å²) >= 11 is 3.60. The van der Waals surface area contributed by atoms with Crippen molar-refractivity contribution < 1.29 is 0 Å². The van der Waals surface area contributed by atoms with Gasteiger partial charge in [0.2, 0.25) is 0 Å². The SMILES string of the molecule is Cc1cnc(CNC2=NCC(C(C)C)S2)s1. The van der Waals surface area contributed by atoms with E-state index in [4.69, 9.17) is 0 Å². The summed E-state index contributed by atoms with van der Waals surface area (Å²) in [5, 5.41) is 6.20. The van der Waals surface area contributed by atoms with Crippen LogP contribution in [0, 0.1) is 12.8 Å². The van der Waals surface area contributed by atoms with Gasteiger partial charge in [-0.3, -0.25) is 4.99 Å². The lowest BCUT2D eigenvalue weighted by atomic mass is 10.1. The lowest BCUT2D eigenvalue weighted by Gasteiger charge is -2.11. The molecule has 0 fully saturated rings. The van der Waals surface area contributed by atoms with Gasteiger partial charge in [-0.15, -0.1) is 11.3 Å². The van der Waals surface area contributed by atoms with E-state index in [0.717, 1.165) is 23.3 Å². The number of amidine groups is 1. The zero-order valence-corrected chi connectivity index (χ0v) is 11.5. The zero-order chi connectivity index (χ0) is 11.5. The van der Waals surface area contributed by atoms with E-state index >= 15 is 0 Å². The van der Waals surface area contributed by atoms with Crippen LogP contribution in [0.2, 0.25) is 0 Å². The van der Waals surface area contributed by atoms with Gasteiger partial charge in [0.25, 0.3) is 0 Å². The van der Waals surface area contributed by atoms with E-state index in [1.807, 2.05) is 18.0 Å². The Morgan fingerprint density at radius 3 is 2.94 bits per heavy atom. The number of aliphatic imine (C=N–C) groups is 1. The summed E-state index contributed by atoms with van der Waals surface area (Å²) < 4.78 is 0. The second-order valence-electron chi connectivity index (χ2n) is 4.26. The number of hydrogen-bond acceptors (Lipinski definition) is 5. The Labute approximate surface area is 105 Å². The number of nitrogens with one attached hydrogen (secondary N) is 1. The summed E-state index contributed by atoms with van der Waals surface area (Å²) in [6, 6.07) is 0. The van der Waals surface area contributed by atoms with Gasteiger partial charge in [0.15, 0.2) is 5.17 Å². The number of thioether (sulfide) groups is 1. The minimum Gasteiger partial charge on any atom is -0.358 e. The van der Waals surface area contributed by atoms with E-state index in [2.05, 4.69) is 36.1 Å². The van der Waals surface area contributed by atoms with E-state index in [1.54, 1.807) is 11.3 Å². The van der Waals surface area contributed by atoms with Crippen LogP contribution in [0.4, 0.5) is 0 Å². The van der Waals surface area contributed by atoms with E-state index < -0.39 is 0 Å². The molecule has 0 saturated heterocycles. The van der Waals surface area contributed by atoms with Gasteiger partial charge in [0.05, 0.1) is 13.1 Å². The van der Waals surface area contributed by atoms with Crippen molar-refractivity contribution >= 4 is 28.3 Å². The largest absolute Gasteiger partial charge is 0.358 e. The summed E-state index contributed by atoms with van der Waals surface area (Å²) in [5.41, 5.74) is 0. The Hall–Kier alpha value is -0.550. The fourth-order valence-electron chi connectivity index (χ4n) is 1.47. The molecule has 16 heavy (non-hydrogen) atoms. The number of aryl methyl sites for hydroxylation is 1. The molecule has 0 saturated carbocycles. The van der Waals surface area contributed by atoms with Crippen LogP contribution in [0.25, 0.3) is 0 Å². The molecular formula is C11H17N3S2. The molecule has 2 heterocycles. The Balaban J connectivity index is 1.80.